The molecule has 2 aromatic rings. The first-order valence-corrected chi connectivity index (χ1v) is 10.6. The summed E-state index contributed by atoms with van der Waals surface area (Å²) in [6.45, 7) is 0.145. The highest BCUT2D eigenvalue weighted by Crippen LogP contribution is 2.42. The van der Waals surface area contributed by atoms with E-state index >= 15 is 0 Å². The van der Waals surface area contributed by atoms with Gasteiger partial charge in [-0.3, -0.25) is 15.1 Å². The molecule has 0 radical (unpaired) electrons. The van der Waals surface area contributed by atoms with E-state index in [0.717, 1.165) is 4.47 Å². The summed E-state index contributed by atoms with van der Waals surface area (Å²) >= 11 is 11.3. The maximum atomic E-state index is 12.9. The summed E-state index contributed by atoms with van der Waals surface area (Å²) in [6.07, 6.45) is 1.23. The molecule has 0 saturated heterocycles. The van der Waals surface area contributed by atoms with Crippen LogP contribution in [0.25, 0.3) is 5.70 Å². The first kappa shape index (κ1) is 17.8. The number of fused-ring (bicyclic) bond motifs is 3. The first-order chi connectivity index (χ1) is 13.5. The highest BCUT2D eigenvalue weighted by Gasteiger charge is 2.36. The summed E-state index contributed by atoms with van der Waals surface area (Å²) in [5, 5.41) is 11.4. The number of hydrazone groups is 1. The fourth-order valence-electron chi connectivity index (χ4n) is 3.28. The van der Waals surface area contributed by atoms with E-state index < -0.39 is 6.17 Å². The molecule has 0 spiro atoms. The van der Waals surface area contributed by atoms with Gasteiger partial charge in [-0.2, -0.15) is 0 Å². The molecule has 0 aromatic heterocycles. The topological polar surface area (TPSA) is 75.5 Å². The lowest BCUT2D eigenvalue weighted by Gasteiger charge is -2.34. The molecule has 7 nitrogen and oxygen atoms in total. The van der Waals surface area contributed by atoms with E-state index in [1.54, 1.807) is 17.1 Å². The summed E-state index contributed by atoms with van der Waals surface area (Å²) in [6, 6.07) is 9.10. The zero-order valence-corrected chi connectivity index (χ0v) is 17.6. The summed E-state index contributed by atoms with van der Waals surface area (Å²) in [4.78, 5) is 17.7. The van der Waals surface area contributed by atoms with Crippen LogP contribution in [0.15, 0.2) is 44.9 Å². The summed E-state index contributed by atoms with van der Waals surface area (Å²) in [5.74, 6) is 0.937. The number of hydrogen-bond acceptors (Lipinski definition) is 7. The number of benzene rings is 2. The Kier molecular flexibility index (Phi) is 4.26. The monoisotopic (exact) mass is 478 g/mol. The van der Waals surface area contributed by atoms with Gasteiger partial charge in [0, 0.05) is 21.3 Å². The van der Waals surface area contributed by atoms with Crippen molar-refractivity contribution in [2.24, 2.45) is 10.1 Å². The third-order valence-corrected chi connectivity index (χ3v) is 5.92. The van der Waals surface area contributed by atoms with E-state index in [4.69, 9.17) is 26.1 Å². The van der Waals surface area contributed by atoms with Crippen LogP contribution in [0, 0.1) is 0 Å². The maximum absolute atomic E-state index is 12.9. The minimum atomic E-state index is -0.612. The number of hydrogen-bond donors (Lipinski definition) is 1. The van der Waals surface area contributed by atoms with Gasteiger partial charge < -0.3 is 9.47 Å². The van der Waals surface area contributed by atoms with Crippen molar-refractivity contribution in [2.75, 3.05) is 13.0 Å². The SMILES string of the molecule is CSC1=NN2C(=c3cc(Br)ccc3=NC2c2cc3c(cc2Cl)OCO3)C(=O)N1. The molecule has 3 heterocycles. The molecule has 0 aliphatic carbocycles. The molecule has 1 atom stereocenters. The molecule has 5 rings (SSSR count). The van der Waals surface area contributed by atoms with Crippen LogP contribution in [0.4, 0.5) is 0 Å². The maximum Gasteiger partial charge on any atom is 0.276 e. The summed E-state index contributed by atoms with van der Waals surface area (Å²) in [5.41, 5.74) is 1.10. The second-order valence-corrected chi connectivity index (χ2v) is 8.27. The van der Waals surface area contributed by atoms with Crippen LogP contribution >= 0.6 is 39.3 Å². The predicted octanol–water partition coefficient (Wildman–Crippen LogP) is 2.34. The molecule has 0 bridgehead atoms. The average molecular weight is 480 g/mol. The summed E-state index contributed by atoms with van der Waals surface area (Å²) < 4.78 is 11.7. The van der Waals surface area contributed by atoms with Gasteiger partial charge in [0.2, 0.25) is 6.79 Å². The standard InChI is InChI=1S/C18H12BrClN4O3S/c1-28-18-22-17(25)15-10-4-8(19)2-3-12(10)21-16(24(15)23-18)9-5-13-14(6-11(9)20)27-7-26-13/h2-6,16H,7H2,1H3,(H,22,23,25). The third kappa shape index (κ3) is 2.76. The van der Waals surface area contributed by atoms with Crippen LogP contribution in [0.3, 0.4) is 0 Å². The zero-order valence-electron chi connectivity index (χ0n) is 14.4. The largest absolute Gasteiger partial charge is 0.454 e. The normalized spacial score (nSPS) is 19.5. The molecular formula is C18H12BrClN4O3S. The van der Waals surface area contributed by atoms with E-state index in [2.05, 4.69) is 26.3 Å². The van der Waals surface area contributed by atoms with Crippen LogP contribution < -0.4 is 25.4 Å². The number of thioether (sulfide) groups is 1. The van der Waals surface area contributed by atoms with Crippen LogP contribution in [-0.4, -0.2) is 29.1 Å². The Labute approximate surface area is 177 Å². The van der Waals surface area contributed by atoms with Gasteiger partial charge in [-0.1, -0.05) is 39.3 Å². The number of amidine groups is 1. The molecule has 142 valence electrons. The molecule has 1 unspecified atom stereocenters. The van der Waals surface area contributed by atoms with Gasteiger partial charge in [0.05, 0.1) is 10.4 Å². The predicted molar refractivity (Wildman–Crippen MR) is 110 cm³/mol. The van der Waals surface area contributed by atoms with Crippen LogP contribution in [-0.2, 0) is 4.79 Å². The van der Waals surface area contributed by atoms with Gasteiger partial charge in [0.15, 0.2) is 22.8 Å². The molecular weight excluding hydrogens is 468 g/mol. The number of carbonyl (C=O) groups excluding carboxylic acids is 1. The molecule has 1 N–H and O–H groups in total. The fourth-order valence-corrected chi connectivity index (χ4v) is 4.25. The van der Waals surface area contributed by atoms with Gasteiger partial charge in [0.1, 0.15) is 5.70 Å². The van der Waals surface area contributed by atoms with Gasteiger partial charge in [-0.25, -0.2) is 5.01 Å². The van der Waals surface area contributed by atoms with Crippen molar-refractivity contribution >= 4 is 56.1 Å². The number of carbonyl (C=O) groups is 1. The van der Waals surface area contributed by atoms with Gasteiger partial charge >= 0.3 is 0 Å². The van der Waals surface area contributed by atoms with Crippen LogP contribution in [0.2, 0.25) is 5.02 Å². The number of halogens is 2. The number of ether oxygens (including phenoxy) is 2. The highest BCUT2D eigenvalue weighted by molar-refractivity contribution is 9.10. The van der Waals surface area contributed by atoms with Gasteiger partial charge in [-0.05, 0) is 30.5 Å². The Hall–Kier alpha value is -2.23. The fraction of sp³-hybridized carbons (Fsp3) is 0.167. The Morgan fingerprint density at radius 1 is 1.29 bits per heavy atom. The summed E-state index contributed by atoms with van der Waals surface area (Å²) in [7, 11) is 0. The van der Waals surface area contributed by atoms with Gasteiger partial charge in [-0.15, -0.1) is 5.10 Å². The van der Waals surface area contributed by atoms with Crippen molar-refractivity contribution in [3.05, 3.63) is 56.0 Å². The lowest BCUT2D eigenvalue weighted by molar-refractivity contribution is -0.116. The molecule has 3 aliphatic heterocycles. The minimum absolute atomic E-state index is 0.145. The van der Waals surface area contributed by atoms with E-state index in [0.29, 0.717) is 43.5 Å². The molecule has 0 saturated carbocycles. The van der Waals surface area contributed by atoms with Crippen molar-refractivity contribution in [3.8, 4) is 11.5 Å². The van der Waals surface area contributed by atoms with Crippen molar-refractivity contribution in [1.29, 1.82) is 0 Å². The minimum Gasteiger partial charge on any atom is -0.454 e. The third-order valence-electron chi connectivity index (χ3n) is 4.53. The molecule has 28 heavy (non-hydrogen) atoms. The Morgan fingerprint density at radius 3 is 2.86 bits per heavy atom. The number of nitrogens with zero attached hydrogens (tertiary/aromatic N) is 3. The van der Waals surface area contributed by atoms with Crippen molar-refractivity contribution < 1.29 is 14.3 Å². The smallest absolute Gasteiger partial charge is 0.276 e. The molecule has 0 fully saturated rings. The molecule has 1 amide bonds. The van der Waals surface area contributed by atoms with Crippen molar-refractivity contribution in [1.82, 2.24) is 10.3 Å². The average Bonchev–Trinajstić information content (AvgIpc) is 3.13. The lowest BCUT2D eigenvalue weighted by Crippen LogP contribution is -2.50. The number of rotatable bonds is 1. The molecule has 2 aromatic carbocycles. The second-order valence-electron chi connectivity index (χ2n) is 6.15. The molecule has 3 aliphatic rings. The van der Waals surface area contributed by atoms with E-state index in [1.807, 2.05) is 24.5 Å². The first-order valence-electron chi connectivity index (χ1n) is 8.25. The number of amides is 1. The van der Waals surface area contributed by atoms with E-state index in [9.17, 15) is 4.79 Å². The van der Waals surface area contributed by atoms with Crippen molar-refractivity contribution in [2.45, 2.75) is 6.17 Å². The highest BCUT2D eigenvalue weighted by atomic mass is 79.9. The Balaban J connectivity index is 1.78. The van der Waals surface area contributed by atoms with Crippen molar-refractivity contribution in [3.63, 3.8) is 0 Å². The van der Waals surface area contributed by atoms with E-state index in [-0.39, 0.29) is 12.7 Å². The number of nitrogens with one attached hydrogen (secondary N) is 1. The van der Waals surface area contributed by atoms with Crippen LogP contribution in [0.5, 0.6) is 11.5 Å². The molecule has 10 heteroatoms. The van der Waals surface area contributed by atoms with Gasteiger partial charge in [0.25, 0.3) is 5.91 Å². The Bertz CT molecular complexity index is 1190. The zero-order chi connectivity index (χ0) is 19.4. The van der Waals surface area contributed by atoms with E-state index in [1.165, 1.54) is 11.8 Å². The second kappa shape index (κ2) is 6.68. The Morgan fingerprint density at radius 2 is 2.07 bits per heavy atom. The quantitative estimate of drug-likeness (QED) is 0.680. The van der Waals surface area contributed by atoms with Crippen LogP contribution in [0.1, 0.15) is 11.7 Å². The lowest BCUT2D eigenvalue weighted by atomic mass is 10.1.